The van der Waals surface area contributed by atoms with E-state index in [0.717, 1.165) is 28.8 Å². The number of carboxylic acids is 1. The van der Waals surface area contributed by atoms with Gasteiger partial charge in [-0.05, 0) is 11.5 Å². The van der Waals surface area contributed by atoms with Gasteiger partial charge in [0, 0.05) is 36.3 Å². The predicted octanol–water partition coefficient (Wildman–Crippen LogP) is 4.70. The Hall–Kier alpha value is -3.78. The van der Waals surface area contributed by atoms with Crippen LogP contribution in [0.15, 0.2) is 63.6 Å². The first-order valence-electron chi connectivity index (χ1n) is 10.9. The van der Waals surface area contributed by atoms with E-state index in [2.05, 4.69) is 34.0 Å². The summed E-state index contributed by atoms with van der Waals surface area (Å²) < 4.78 is 11.2. The van der Waals surface area contributed by atoms with Gasteiger partial charge in [-0.15, -0.1) is 0 Å². The second-order valence-electron chi connectivity index (χ2n) is 8.64. The van der Waals surface area contributed by atoms with Crippen LogP contribution in [0.5, 0.6) is 0 Å². The highest BCUT2D eigenvalue weighted by Crippen LogP contribution is 2.37. The molecule has 1 N–H and O–H groups in total. The molecule has 1 aliphatic rings. The first-order valence-corrected chi connectivity index (χ1v) is 10.9. The molecule has 2 aromatic heterocycles. The summed E-state index contributed by atoms with van der Waals surface area (Å²) in [6, 6.07) is 17.7. The monoisotopic (exact) mass is 444 g/mol. The van der Waals surface area contributed by atoms with Crippen LogP contribution in [0.25, 0.3) is 34.3 Å². The first-order chi connectivity index (χ1) is 16.0. The van der Waals surface area contributed by atoms with E-state index in [1.807, 2.05) is 54.6 Å². The number of hydrogen-bond acceptors (Lipinski definition) is 7. The second kappa shape index (κ2) is 8.63. The summed E-state index contributed by atoms with van der Waals surface area (Å²) in [6.07, 6.45) is 0. The fourth-order valence-corrected chi connectivity index (χ4v) is 4.09. The molecule has 2 aromatic carbocycles. The van der Waals surface area contributed by atoms with Gasteiger partial charge < -0.3 is 14.2 Å². The van der Waals surface area contributed by atoms with E-state index in [-0.39, 0.29) is 11.8 Å². The maximum absolute atomic E-state index is 11.0. The van der Waals surface area contributed by atoms with Crippen molar-refractivity contribution in [1.82, 2.24) is 20.2 Å². The lowest BCUT2D eigenvalue weighted by atomic mass is 9.97. The number of hydrogen-bond donors (Lipinski definition) is 1. The molecule has 0 amide bonds. The summed E-state index contributed by atoms with van der Waals surface area (Å²) in [6.45, 7) is 6.06. The molecule has 0 radical (unpaired) electrons. The van der Waals surface area contributed by atoms with E-state index in [0.29, 0.717) is 36.3 Å². The van der Waals surface area contributed by atoms with Crippen LogP contribution in [0.2, 0.25) is 0 Å². The Balaban J connectivity index is 1.35. The highest BCUT2D eigenvalue weighted by molar-refractivity contribution is 5.72. The van der Waals surface area contributed by atoms with Gasteiger partial charge in [0.05, 0.1) is 5.92 Å². The van der Waals surface area contributed by atoms with E-state index in [1.54, 1.807) is 0 Å². The highest BCUT2D eigenvalue weighted by atomic mass is 16.5. The van der Waals surface area contributed by atoms with E-state index < -0.39 is 5.97 Å². The fraction of sp³-hybridized carbons (Fsp3) is 0.280. The molecule has 8 nitrogen and oxygen atoms in total. The molecule has 0 spiro atoms. The van der Waals surface area contributed by atoms with Gasteiger partial charge in [-0.2, -0.15) is 4.98 Å². The fourth-order valence-electron chi connectivity index (χ4n) is 4.09. The van der Waals surface area contributed by atoms with Crippen molar-refractivity contribution in [3.63, 3.8) is 0 Å². The summed E-state index contributed by atoms with van der Waals surface area (Å²) >= 11 is 0. The third-order valence-corrected chi connectivity index (χ3v) is 5.89. The van der Waals surface area contributed by atoms with Crippen molar-refractivity contribution >= 4 is 5.97 Å². The van der Waals surface area contributed by atoms with Crippen LogP contribution in [-0.4, -0.2) is 44.4 Å². The van der Waals surface area contributed by atoms with Crippen molar-refractivity contribution in [3.05, 3.63) is 65.7 Å². The number of rotatable bonds is 7. The van der Waals surface area contributed by atoms with Gasteiger partial charge in [0.2, 0.25) is 5.82 Å². The summed E-state index contributed by atoms with van der Waals surface area (Å²) in [7, 11) is 0. The second-order valence-corrected chi connectivity index (χ2v) is 8.64. The molecule has 0 bridgehead atoms. The molecule has 8 heteroatoms. The average Bonchev–Trinajstić information content (AvgIpc) is 3.44. The van der Waals surface area contributed by atoms with E-state index in [4.69, 9.17) is 14.2 Å². The van der Waals surface area contributed by atoms with Gasteiger partial charge in [0.25, 0.3) is 5.89 Å². The quantitative estimate of drug-likeness (QED) is 0.437. The molecular weight excluding hydrogens is 420 g/mol. The molecule has 1 aliphatic heterocycles. The first kappa shape index (κ1) is 21.1. The zero-order chi connectivity index (χ0) is 22.9. The Morgan fingerprint density at radius 3 is 2.42 bits per heavy atom. The third kappa shape index (κ3) is 4.17. The maximum atomic E-state index is 11.0. The lowest BCUT2D eigenvalue weighted by Gasteiger charge is -2.36. The van der Waals surface area contributed by atoms with E-state index in [1.165, 1.54) is 0 Å². The topological polar surface area (TPSA) is 105 Å². The Morgan fingerprint density at radius 2 is 1.76 bits per heavy atom. The highest BCUT2D eigenvalue weighted by Gasteiger charge is 2.32. The van der Waals surface area contributed by atoms with Crippen LogP contribution in [0.1, 0.15) is 30.9 Å². The molecule has 0 unspecified atom stereocenters. The molecule has 5 rings (SSSR count). The molecule has 0 saturated carbocycles. The third-order valence-electron chi connectivity index (χ3n) is 5.89. The van der Waals surface area contributed by atoms with E-state index >= 15 is 0 Å². The standard InChI is InChI=1S/C25H24N4O4/c1-15(2)20-21(27-32-22(20)17-6-4-3-5-7-17)24-26-23(28-33-24)18-10-8-16(9-11-18)12-29-13-19(14-29)25(30)31/h3-11,15,19H,12-14H2,1-2H3,(H,30,31). The van der Waals surface area contributed by atoms with Crippen LogP contribution < -0.4 is 0 Å². The Kier molecular flexibility index (Phi) is 5.51. The van der Waals surface area contributed by atoms with Crippen LogP contribution in [0, 0.1) is 5.92 Å². The van der Waals surface area contributed by atoms with Crippen molar-refractivity contribution in [2.75, 3.05) is 13.1 Å². The minimum atomic E-state index is -0.724. The molecule has 168 valence electrons. The number of nitrogens with zero attached hydrogens (tertiary/aromatic N) is 4. The van der Waals surface area contributed by atoms with Gasteiger partial charge in [-0.3, -0.25) is 9.69 Å². The minimum Gasteiger partial charge on any atom is -0.481 e. The Bertz CT molecular complexity index is 1260. The Labute approximate surface area is 190 Å². The zero-order valence-corrected chi connectivity index (χ0v) is 18.4. The van der Waals surface area contributed by atoms with Gasteiger partial charge in [0.1, 0.15) is 0 Å². The lowest BCUT2D eigenvalue weighted by Crippen LogP contribution is -2.49. The normalized spacial score (nSPS) is 14.5. The molecule has 0 atom stereocenters. The van der Waals surface area contributed by atoms with Crippen molar-refractivity contribution in [1.29, 1.82) is 0 Å². The summed E-state index contributed by atoms with van der Waals surface area (Å²) in [4.78, 5) is 17.6. The van der Waals surface area contributed by atoms with Crippen LogP contribution >= 0.6 is 0 Å². The number of aliphatic carboxylic acids is 1. The van der Waals surface area contributed by atoms with Gasteiger partial charge in [0.15, 0.2) is 11.5 Å². The summed E-state index contributed by atoms with van der Waals surface area (Å²) in [5.74, 6) is 0.684. The SMILES string of the molecule is CC(C)c1c(-c2nc(-c3ccc(CN4CC(C(=O)O)C4)cc3)no2)noc1-c1ccccc1. The zero-order valence-electron chi connectivity index (χ0n) is 18.4. The summed E-state index contributed by atoms with van der Waals surface area (Å²) in [5, 5.41) is 17.4. The number of carboxylic acid groups (broad SMARTS) is 1. The predicted molar refractivity (Wildman–Crippen MR) is 121 cm³/mol. The molecule has 1 saturated heterocycles. The van der Waals surface area contributed by atoms with Crippen LogP contribution in [-0.2, 0) is 11.3 Å². The van der Waals surface area contributed by atoms with Crippen LogP contribution in [0.4, 0.5) is 0 Å². The lowest BCUT2D eigenvalue weighted by molar-refractivity contribution is -0.147. The largest absolute Gasteiger partial charge is 0.481 e. The van der Waals surface area contributed by atoms with Crippen molar-refractivity contribution in [2.45, 2.75) is 26.3 Å². The number of aromatic nitrogens is 3. The van der Waals surface area contributed by atoms with E-state index in [9.17, 15) is 4.79 Å². The maximum Gasteiger partial charge on any atom is 0.309 e. The summed E-state index contributed by atoms with van der Waals surface area (Å²) in [5.41, 5.74) is 4.38. The molecular formula is C25H24N4O4. The number of benzene rings is 2. The Morgan fingerprint density at radius 1 is 1.03 bits per heavy atom. The number of likely N-dealkylation sites (tertiary alicyclic amines) is 1. The van der Waals surface area contributed by atoms with Gasteiger partial charge >= 0.3 is 5.97 Å². The van der Waals surface area contributed by atoms with Gasteiger partial charge in [-0.1, -0.05) is 78.8 Å². The minimum absolute atomic E-state index is 0.151. The van der Waals surface area contributed by atoms with Crippen molar-refractivity contribution in [2.24, 2.45) is 5.92 Å². The molecule has 4 aromatic rings. The molecule has 1 fully saturated rings. The van der Waals surface area contributed by atoms with Crippen molar-refractivity contribution < 1.29 is 18.9 Å². The smallest absolute Gasteiger partial charge is 0.309 e. The molecule has 3 heterocycles. The molecule has 33 heavy (non-hydrogen) atoms. The van der Waals surface area contributed by atoms with Gasteiger partial charge in [-0.25, -0.2) is 0 Å². The van der Waals surface area contributed by atoms with Crippen molar-refractivity contribution in [3.8, 4) is 34.3 Å². The number of carbonyl (C=O) groups is 1. The average molecular weight is 444 g/mol. The molecule has 0 aliphatic carbocycles. The van der Waals surface area contributed by atoms with Crippen LogP contribution in [0.3, 0.4) is 0 Å².